The SMILES string of the molecule is CCCc1ccc(Oc2cccc(Oc3ccc(N)cc3)c2)cc1. The molecule has 0 aromatic heterocycles. The highest BCUT2D eigenvalue weighted by molar-refractivity contribution is 5.44. The van der Waals surface area contributed by atoms with Crippen molar-refractivity contribution < 1.29 is 9.47 Å². The van der Waals surface area contributed by atoms with E-state index in [1.165, 1.54) is 5.56 Å². The summed E-state index contributed by atoms with van der Waals surface area (Å²) in [5, 5.41) is 0. The summed E-state index contributed by atoms with van der Waals surface area (Å²) < 4.78 is 11.7. The summed E-state index contributed by atoms with van der Waals surface area (Å²) in [5.74, 6) is 3.02. The van der Waals surface area contributed by atoms with E-state index in [4.69, 9.17) is 15.2 Å². The number of rotatable bonds is 6. The van der Waals surface area contributed by atoms with Crippen LogP contribution in [0.15, 0.2) is 72.8 Å². The summed E-state index contributed by atoms with van der Waals surface area (Å²) in [5.41, 5.74) is 7.72. The molecule has 0 saturated heterocycles. The molecule has 0 aliphatic rings. The summed E-state index contributed by atoms with van der Waals surface area (Å²) in [6, 6.07) is 23.1. The Hall–Kier alpha value is -2.94. The predicted molar refractivity (Wildman–Crippen MR) is 97.9 cm³/mol. The topological polar surface area (TPSA) is 44.5 Å². The van der Waals surface area contributed by atoms with E-state index in [9.17, 15) is 0 Å². The molecule has 3 heteroatoms. The lowest BCUT2D eigenvalue weighted by atomic mass is 10.1. The van der Waals surface area contributed by atoms with Crippen molar-refractivity contribution in [3.05, 3.63) is 78.4 Å². The van der Waals surface area contributed by atoms with Crippen molar-refractivity contribution in [2.45, 2.75) is 19.8 Å². The molecule has 0 aliphatic heterocycles. The lowest BCUT2D eigenvalue weighted by Gasteiger charge is -2.10. The number of ether oxygens (including phenoxy) is 2. The second-order valence-corrected chi connectivity index (χ2v) is 5.64. The van der Waals surface area contributed by atoms with Gasteiger partial charge in [0.25, 0.3) is 0 Å². The Bertz CT molecular complexity index is 780. The number of nitrogen functional groups attached to an aromatic ring is 1. The van der Waals surface area contributed by atoms with Crippen LogP contribution in [0, 0.1) is 0 Å². The zero-order chi connectivity index (χ0) is 16.8. The molecule has 122 valence electrons. The first-order chi connectivity index (χ1) is 11.7. The normalized spacial score (nSPS) is 10.4. The van der Waals surface area contributed by atoms with Crippen LogP contribution < -0.4 is 15.2 Å². The van der Waals surface area contributed by atoms with Crippen molar-refractivity contribution >= 4 is 5.69 Å². The Balaban J connectivity index is 1.69. The van der Waals surface area contributed by atoms with Gasteiger partial charge in [-0.2, -0.15) is 0 Å². The van der Waals surface area contributed by atoms with E-state index < -0.39 is 0 Å². The molecule has 3 rings (SSSR count). The van der Waals surface area contributed by atoms with E-state index >= 15 is 0 Å². The van der Waals surface area contributed by atoms with Crippen LogP contribution in [0.1, 0.15) is 18.9 Å². The smallest absolute Gasteiger partial charge is 0.131 e. The quantitative estimate of drug-likeness (QED) is 0.583. The minimum Gasteiger partial charge on any atom is -0.457 e. The van der Waals surface area contributed by atoms with Crippen molar-refractivity contribution in [1.29, 1.82) is 0 Å². The lowest BCUT2D eigenvalue weighted by Crippen LogP contribution is -1.89. The number of hydrogen-bond acceptors (Lipinski definition) is 3. The molecule has 0 radical (unpaired) electrons. The largest absolute Gasteiger partial charge is 0.457 e. The van der Waals surface area contributed by atoms with Gasteiger partial charge in [0.2, 0.25) is 0 Å². The first-order valence-electron chi connectivity index (χ1n) is 8.13. The highest BCUT2D eigenvalue weighted by Crippen LogP contribution is 2.28. The van der Waals surface area contributed by atoms with Crippen molar-refractivity contribution in [2.75, 3.05) is 5.73 Å². The van der Waals surface area contributed by atoms with Crippen LogP contribution in [-0.4, -0.2) is 0 Å². The molecule has 0 aliphatic carbocycles. The fourth-order valence-corrected chi connectivity index (χ4v) is 2.42. The van der Waals surface area contributed by atoms with E-state index in [2.05, 4.69) is 19.1 Å². The molecule has 0 unspecified atom stereocenters. The molecule has 24 heavy (non-hydrogen) atoms. The molecule has 3 aromatic rings. The van der Waals surface area contributed by atoms with Gasteiger partial charge < -0.3 is 15.2 Å². The third-order valence-corrected chi connectivity index (χ3v) is 3.62. The highest BCUT2D eigenvalue weighted by atomic mass is 16.5. The van der Waals surface area contributed by atoms with Crippen LogP contribution in [0.4, 0.5) is 5.69 Å². The number of aryl methyl sites for hydroxylation is 1. The van der Waals surface area contributed by atoms with E-state index in [0.29, 0.717) is 5.69 Å². The van der Waals surface area contributed by atoms with E-state index in [1.54, 1.807) is 0 Å². The van der Waals surface area contributed by atoms with Gasteiger partial charge in [-0.05, 0) is 60.5 Å². The second-order valence-electron chi connectivity index (χ2n) is 5.64. The van der Waals surface area contributed by atoms with Gasteiger partial charge in [0, 0.05) is 11.8 Å². The lowest BCUT2D eigenvalue weighted by molar-refractivity contribution is 0.460. The van der Waals surface area contributed by atoms with Crippen LogP contribution in [0.5, 0.6) is 23.0 Å². The minimum atomic E-state index is 0.714. The van der Waals surface area contributed by atoms with Gasteiger partial charge in [-0.25, -0.2) is 0 Å². The Morgan fingerprint density at radius 3 is 1.79 bits per heavy atom. The average Bonchev–Trinajstić information content (AvgIpc) is 2.59. The summed E-state index contributed by atoms with van der Waals surface area (Å²) in [6.45, 7) is 2.18. The fraction of sp³-hybridized carbons (Fsp3) is 0.143. The number of hydrogen-bond donors (Lipinski definition) is 1. The third-order valence-electron chi connectivity index (χ3n) is 3.62. The summed E-state index contributed by atoms with van der Waals surface area (Å²) >= 11 is 0. The molecule has 0 amide bonds. The molecule has 0 spiro atoms. The number of anilines is 1. The van der Waals surface area contributed by atoms with Gasteiger partial charge in [-0.1, -0.05) is 31.5 Å². The molecule has 0 atom stereocenters. The summed E-state index contributed by atoms with van der Waals surface area (Å²) in [4.78, 5) is 0. The van der Waals surface area contributed by atoms with Gasteiger partial charge in [0.05, 0.1) is 0 Å². The summed E-state index contributed by atoms with van der Waals surface area (Å²) in [6.07, 6.45) is 2.23. The molecule has 2 N–H and O–H groups in total. The average molecular weight is 319 g/mol. The summed E-state index contributed by atoms with van der Waals surface area (Å²) in [7, 11) is 0. The van der Waals surface area contributed by atoms with Gasteiger partial charge in [0.15, 0.2) is 0 Å². The van der Waals surface area contributed by atoms with E-state index in [0.717, 1.165) is 35.8 Å². The van der Waals surface area contributed by atoms with Crippen LogP contribution in [0.2, 0.25) is 0 Å². The minimum absolute atomic E-state index is 0.714. The standard InChI is InChI=1S/C21H21NO2/c1-2-4-16-7-11-18(12-8-16)23-20-5-3-6-21(15-20)24-19-13-9-17(22)10-14-19/h3,5-15H,2,4,22H2,1H3. The van der Waals surface area contributed by atoms with Crippen molar-refractivity contribution in [1.82, 2.24) is 0 Å². The van der Waals surface area contributed by atoms with Gasteiger partial charge in [0.1, 0.15) is 23.0 Å². The monoisotopic (exact) mass is 319 g/mol. The Morgan fingerprint density at radius 2 is 1.25 bits per heavy atom. The maximum Gasteiger partial charge on any atom is 0.131 e. The van der Waals surface area contributed by atoms with E-state index in [-0.39, 0.29) is 0 Å². The number of nitrogens with two attached hydrogens (primary N) is 1. The Morgan fingerprint density at radius 1 is 0.708 bits per heavy atom. The van der Waals surface area contributed by atoms with Crippen molar-refractivity contribution in [2.24, 2.45) is 0 Å². The third kappa shape index (κ3) is 4.29. The first kappa shape index (κ1) is 15.9. The second kappa shape index (κ2) is 7.55. The van der Waals surface area contributed by atoms with Gasteiger partial charge in [-0.3, -0.25) is 0 Å². The molecule has 0 heterocycles. The van der Waals surface area contributed by atoms with Crippen LogP contribution in [0.3, 0.4) is 0 Å². The van der Waals surface area contributed by atoms with Crippen LogP contribution in [0.25, 0.3) is 0 Å². The zero-order valence-electron chi connectivity index (χ0n) is 13.7. The molecular weight excluding hydrogens is 298 g/mol. The maximum absolute atomic E-state index is 5.91. The van der Waals surface area contributed by atoms with Crippen molar-refractivity contribution in [3.8, 4) is 23.0 Å². The number of benzene rings is 3. The molecule has 3 aromatic carbocycles. The first-order valence-corrected chi connectivity index (χ1v) is 8.13. The Kier molecular flexibility index (Phi) is 5.02. The van der Waals surface area contributed by atoms with Crippen LogP contribution in [-0.2, 0) is 6.42 Å². The molecule has 0 saturated carbocycles. The fourth-order valence-electron chi connectivity index (χ4n) is 2.42. The molecule has 3 nitrogen and oxygen atoms in total. The molecular formula is C21H21NO2. The Labute approximate surface area is 142 Å². The zero-order valence-corrected chi connectivity index (χ0v) is 13.7. The molecule has 0 bridgehead atoms. The highest BCUT2D eigenvalue weighted by Gasteiger charge is 2.02. The predicted octanol–water partition coefficient (Wildman–Crippen LogP) is 5.81. The van der Waals surface area contributed by atoms with Crippen LogP contribution >= 0.6 is 0 Å². The molecule has 0 fully saturated rings. The van der Waals surface area contributed by atoms with Gasteiger partial charge >= 0.3 is 0 Å². The van der Waals surface area contributed by atoms with Crippen molar-refractivity contribution in [3.63, 3.8) is 0 Å². The maximum atomic E-state index is 5.91. The van der Waals surface area contributed by atoms with E-state index in [1.807, 2.05) is 60.7 Å². The van der Waals surface area contributed by atoms with Gasteiger partial charge in [-0.15, -0.1) is 0 Å².